The van der Waals surface area contributed by atoms with Gasteiger partial charge in [0.2, 0.25) is 5.91 Å². The first kappa shape index (κ1) is 18.0. The molecule has 1 atom stereocenters. The number of carbonyl (C=O) groups is 1. The molecule has 0 radical (unpaired) electrons. The summed E-state index contributed by atoms with van der Waals surface area (Å²) in [4.78, 5) is 18.1. The Bertz CT molecular complexity index is 813. The van der Waals surface area contributed by atoms with Crippen LogP contribution in [0.1, 0.15) is 31.4 Å². The lowest BCUT2D eigenvalue weighted by Crippen LogP contribution is -2.20. The lowest BCUT2D eigenvalue weighted by atomic mass is 10.1. The van der Waals surface area contributed by atoms with Crippen LogP contribution in [0.15, 0.2) is 23.1 Å². The van der Waals surface area contributed by atoms with Crippen molar-refractivity contribution < 1.29 is 13.7 Å². The summed E-state index contributed by atoms with van der Waals surface area (Å²) in [6.07, 6.45) is 4.14. The summed E-state index contributed by atoms with van der Waals surface area (Å²) in [5.74, 6) is 0.637. The van der Waals surface area contributed by atoms with E-state index in [2.05, 4.69) is 10.3 Å². The highest BCUT2D eigenvalue weighted by Gasteiger charge is 2.24. The van der Waals surface area contributed by atoms with E-state index >= 15 is 0 Å². The number of hydrogen-bond acceptors (Lipinski definition) is 5. The summed E-state index contributed by atoms with van der Waals surface area (Å²) in [7, 11) is -0.132. The molecule has 0 bridgehead atoms. The molecule has 3 rings (SSSR count). The number of methoxy groups -OCH3 is 1. The molecule has 0 spiro atoms. The molecule has 0 saturated heterocycles. The number of nitrogens with one attached hydrogen (secondary N) is 1. The van der Waals surface area contributed by atoms with Gasteiger partial charge in [-0.25, -0.2) is 14.3 Å². The molecular weight excluding hydrogens is 358 g/mol. The van der Waals surface area contributed by atoms with Crippen LogP contribution in [0.2, 0.25) is 0 Å². The second-order valence-electron chi connectivity index (χ2n) is 6.07. The van der Waals surface area contributed by atoms with Crippen LogP contribution in [0.5, 0.6) is 5.75 Å². The summed E-state index contributed by atoms with van der Waals surface area (Å²) in [6, 6.07) is 5.36. The quantitative estimate of drug-likeness (QED) is 0.834. The van der Waals surface area contributed by atoms with Crippen LogP contribution >= 0.6 is 11.3 Å². The van der Waals surface area contributed by atoms with Crippen molar-refractivity contribution in [1.29, 1.82) is 0 Å². The van der Waals surface area contributed by atoms with Gasteiger partial charge in [0.15, 0.2) is 5.13 Å². The minimum absolute atomic E-state index is 0.0521. The zero-order chi connectivity index (χ0) is 18.0. The number of rotatable bonds is 5. The minimum atomic E-state index is -1.65. The molecule has 2 aromatic rings. The standard InChI is InChI=1S/C17H21N3O3S2/c1-10-15(12-7-8-13(23-2)14(9-12)25(18)22)24-17(19-10)20-16(21)11-5-3-4-6-11/h7-9,11H,3-6,18H2,1-2H3,(H,19,20,21). The summed E-state index contributed by atoms with van der Waals surface area (Å²) in [5.41, 5.74) is 1.66. The highest BCUT2D eigenvalue weighted by atomic mass is 32.2. The van der Waals surface area contributed by atoms with Gasteiger partial charge in [-0.3, -0.25) is 4.79 Å². The molecule has 1 aromatic heterocycles. The molecule has 3 N–H and O–H groups in total. The fraction of sp³-hybridized carbons (Fsp3) is 0.412. The van der Waals surface area contributed by atoms with Crippen LogP contribution in [-0.4, -0.2) is 22.2 Å². The highest BCUT2D eigenvalue weighted by molar-refractivity contribution is 7.82. The third kappa shape index (κ3) is 3.91. The number of amides is 1. The molecule has 1 saturated carbocycles. The van der Waals surface area contributed by atoms with E-state index in [1.165, 1.54) is 18.4 Å². The molecule has 1 aliphatic rings. The second-order valence-corrected chi connectivity index (χ2v) is 8.10. The van der Waals surface area contributed by atoms with E-state index in [0.717, 1.165) is 41.8 Å². The number of ether oxygens (including phenoxy) is 1. The molecule has 1 aromatic carbocycles. The molecule has 1 amide bonds. The smallest absolute Gasteiger partial charge is 0.229 e. The minimum Gasteiger partial charge on any atom is -0.495 e. The van der Waals surface area contributed by atoms with Crippen molar-refractivity contribution in [3.05, 3.63) is 23.9 Å². The van der Waals surface area contributed by atoms with Crippen LogP contribution in [0.4, 0.5) is 5.13 Å². The predicted molar refractivity (Wildman–Crippen MR) is 100 cm³/mol. The van der Waals surface area contributed by atoms with Crippen LogP contribution in [0, 0.1) is 12.8 Å². The summed E-state index contributed by atoms with van der Waals surface area (Å²) in [6.45, 7) is 1.89. The summed E-state index contributed by atoms with van der Waals surface area (Å²) < 4.78 is 16.9. The van der Waals surface area contributed by atoms with Gasteiger partial charge in [-0.05, 0) is 43.5 Å². The Morgan fingerprint density at radius 3 is 2.76 bits per heavy atom. The van der Waals surface area contributed by atoms with Gasteiger partial charge in [-0.1, -0.05) is 24.2 Å². The number of anilines is 1. The van der Waals surface area contributed by atoms with E-state index in [1.54, 1.807) is 12.1 Å². The Morgan fingerprint density at radius 1 is 1.40 bits per heavy atom. The topological polar surface area (TPSA) is 94.3 Å². The Morgan fingerprint density at radius 2 is 2.12 bits per heavy atom. The molecule has 1 aliphatic carbocycles. The van der Waals surface area contributed by atoms with Crippen LogP contribution < -0.4 is 15.2 Å². The highest BCUT2D eigenvalue weighted by Crippen LogP contribution is 2.36. The Hall–Kier alpha value is -1.77. The van der Waals surface area contributed by atoms with Gasteiger partial charge < -0.3 is 10.1 Å². The molecule has 25 heavy (non-hydrogen) atoms. The van der Waals surface area contributed by atoms with E-state index in [0.29, 0.717) is 15.8 Å². The fourth-order valence-electron chi connectivity index (χ4n) is 3.09. The average Bonchev–Trinajstić information content (AvgIpc) is 3.24. The number of benzene rings is 1. The lowest BCUT2D eigenvalue weighted by Gasteiger charge is -2.08. The predicted octanol–water partition coefficient (Wildman–Crippen LogP) is 3.24. The lowest BCUT2D eigenvalue weighted by molar-refractivity contribution is -0.119. The van der Waals surface area contributed by atoms with Crippen molar-refractivity contribution in [2.24, 2.45) is 11.1 Å². The fourth-order valence-corrected chi connectivity index (χ4v) is 4.65. The summed E-state index contributed by atoms with van der Waals surface area (Å²) >= 11 is 1.41. The molecule has 1 heterocycles. The Labute approximate surface area is 153 Å². The first-order valence-corrected chi connectivity index (χ1v) is 10.2. The molecular formula is C17H21N3O3S2. The number of thiazole rings is 1. The number of nitrogens with zero attached hydrogens (tertiary/aromatic N) is 1. The van der Waals surface area contributed by atoms with Gasteiger partial charge in [0.1, 0.15) is 16.7 Å². The third-order valence-corrected chi connectivity index (χ3v) is 6.27. The van der Waals surface area contributed by atoms with Gasteiger partial charge in [0.25, 0.3) is 0 Å². The van der Waals surface area contributed by atoms with E-state index in [4.69, 9.17) is 9.88 Å². The normalized spacial score (nSPS) is 16.0. The van der Waals surface area contributed by atoms with Gasteiger partial charge in [-0.15, -0.1) is 0 Å². The first-order chi connectivity index (χ1) is 12.0. The zero-order valence-corrected chi connectivity index (χ0v) is 15.8. The maximum Gasteiger partial charge on any atom is 0.229 e. The van der Waals surface area contributed by atoms with E-state index in [-0.39, 0.29) is 11.8 Å². The van der Waals surface area contributed by atoms with Gasteiger partial charge >= 0.3 is 0 Å². The second kappa shape index (κ2) is 7.63. The van der Waals surface area contributed by atoms with Crippen molar-refractivity contribution in [2.75, 3.05) is 12.4 Å². The molecule has 6 nitrogen and oxygen atoms in total. The van der Waals surface area contributed by atoms with Crippen LogP contribution in [-0.2, 0) is 15.8 Å². The van der Waals surface area contributed by atoms with Gasteiger partial charge in [-0.2, -0.15) is 0 Å². The number of hydrogen-bond donors (Lipinski definition) is 2. The molecule has 1 fully saturated rings. The monoisotopic (exact) mass is 379 g/mol. The van der Waals surface area contributed by atoms with E-state index < -0.39 is 11.0 Å². The number of nitrogens with two attached hydrogens (primary N) is 1. The van der Waals surface area contributed by atoms with Crippen molar-refractivity contribution >= 4 is 33.4 Å². The Kier molecular flexibility index (Phi) is 5.51. The van der Waals surface area contributed by atoms with Crippen molar-refractivity contribution in [3.63, 3.8) is 0 Å². The number of carbonyl (C=O) groups excluding carboxylic acids is 1. The molecule has 1 unspecified atom stereocenters. The van der Waals surface area contributed by atoms with Gasteiger partial charge in [0, 0.05) is 5.92 Å². The maximum absolute atomic E-state index is 12.3. The van der Waals surface area contributed by atoms with Crippen LogP contribution in [0.25, 0.3) is 10.4 Å². The Balaban J connectivity index is 1.86. The van der Waals surface area contributed by atoms with Crippen molar-refractivity contribution in [3.8, 4) is 16.2 Å². The van der Waals surface area contributed by atoms with E-state index in [9.17, 15) is 9.00 Å². The molecule has 0 aliphatic heterocycles. The average molecular weight is 380 g/mol. The SMILES string of the molecule is COc1ccc(-c2sc(NC(=O)C3CCCC3)nc2C)cc1S(N)=O. The number of aromatic nitrogens is 1. The van der Waals surface area contributed by atoms with Crippen molar-refractivity contribution in [1.82, 2.24) is 4.98 Å². The third-order valence-electron chi connectivity index (χ3n) is 4.40. The van der Waals surface area contributed by atoms with E-state index in [1.807, 2.05) is 13.0 Å². The largest absolute Gasteiger partial charge is 0.495 e. The molecule has 8 heteroatoms. The number of aryl methyl sites for hydroxylation is 1. The molecule has 134 valence electrons. The first-order valence-electron chi connectivity index (χ1n) is 8.12. The van der Waals surface area contributed by atoms with Crippen LogP contribution in [0.3, 0.4) is 0 Å². The summed E-state index contributed by atoms with van der Waals surface area (Å²) in [5, 5.41) is 9.07. The van der Waals surface area contributed by atoms with Gasteiger partial charge in [0.05, 0.1) is 22.6 Å². The van der Waals surface area contributed by atoms with Crippen molar-refractivity contribution in [2.45, 2.75) is 37.5 Å². The zero-order valence-electron chi connectivity index (χ0n) is 14.2. The maximum atomic E-state index is 12.3.